The van der Waals surface area contributed by atoms with Crippen LogP contribution in [0.5, 0.6) is 5.75 Å². The molecule has 1 aromatic carbocycles. The molecule has 4 rings (SSSR count). The van der Waals surface area contributed by atoms with Crippen molar-refractivity contribution in [1.29, 1.82) is 0 Å². The normalized spacial score (nSPS) is 17.5. The highest BCUT2D eigenvalue weighted by Gasteiger charge is 2.35. The fourth-order valence-electron chi connectivity index (χ4n) is 3.52. The maximum absolute atomic E-state index is 12.9. The number of nitrogens with zero attached hydrogens (tertiary/aromatic N) is 3. The number of carbonyl (C=O) groups is 1. The molecule has 0 radical (unpaired) electrons. The van der Waals surface area contributed by atoms with Crippen LogP contribution in [0.25, 0.3) is 11.2 Å². The minimum atomic E-state index is -3.01. The Morgan fingerprint density at radius 2 is 1.93 bits per heavy atom. The largest absolute Gasteiger partial charge is 0.487 e. The molecule has 1 aliphatic rings. The first-order valence-corrected chi connectivity index (χ1v) is 11.6. The molecule has 9 heteroatoms. The number of carbonyl (C=O) groups excluding carboxylic acids is 1. The van der Waals surface area contributed by atoms with Crippen LogP contribution in [0.2, 0.25) is 0 Å². The number of nitrogens with one attached hydrogen (secondary N) is 1. The maximum Gasteiger partial charge on any atom is 0.287 e. The highest BCUT2D eigenvalue weighted by Crippen LogP contribution is 2.25. The van der Waals surface area contributed by atoms with E-state index in [1.54, 1.807) is 17.8 Å². The summed E-state index contributed by atoms with van der Waals surface area (Å²) >= 11 is 0. The van der Waals surface area contributed by atoms with E-state index < -0.39 is 15.4 Å². The van der Waals surface area contributed by atoms with E-state index in [9.17, 15) is 13.2 Å². The van der Waals surface area contributed by atoms with Crippen LogP contribution in [0, 0.1) is 0 Å². The number of sulfone groups is 1. The molecule has 1 N–H and O–H groups in total. The highest BCUT2D eigenvalue weighted by molar-refractivity contribution is 7.91. The predicted octanol–water partition coefficient (Wildman–Crippen LogP) is 2.24. The zero-order chi connectivity index (χ0) is 21.4. The summed E-state index contributed by atoms with van der Waals surface area (Å²) in [4.78, 5) is 21.5. The third-order valence-electron chi connectivity index (χ3n) is 5.51. The molecule has 0 saturated carbocycles. The van der Waals surface area contributed by atoms with Crippen LogP contribution >= 0.6 is 0 Å². The lowest BCUT2D eigenvalue weighted by Crippen LogP contribution is -2.51. The standard InChI is InChI=1S/C21H24N4O4S/c1-21(8-10-30(27,28)11-9-21)24-20(26)19-23-18-17(25(19)2)12-16(13-22-18)29-14-15-6-4-3-5-7-15/h3-7,12-13H,8-11,14H2,1-2H3,(H,24,26). The fourth-order valence-corrected chi connectivity index (χ4v) is 5.24. The SMILES string of the molecule is Cn1c(C(=O)NC2(C)CCS(=O)(=O)CC2)nc2ncc(OCc3ccccc3)cc21. The predicted molar refractivity (Wildman–Crippen MR) is 113 cm³/mol. The highest BCUT2D eigenvalue weighted by atomic mass is 32.2. The van der Waals surface area contributed by atoms with Gasteiger partial charge in [-0.15, -0.1) is 0 Å². The molecule has 0 spiro atoms. The second-order valence-corrected chi connectivity index (χ2v) is 10.3. The molecule has 2 aromatic heterocycles. The third kappa shape index (κ3) is 4.30. The van der Waals surface area contributed by atoms with Crippen LogP contribution in [0.3, 0.4) is 0 Å². The molecule has 3 heterocycles. The summed E-state index contributed by atoms with van der Waals surface area (Å²) in [5, 5.41) is 2.97. The lowest BCUT2D eigenvalue weighted by atomic mass is 9.95. The minimum Gasteiger partial charge on any atom is -0.487 e. The number of aryl methyl sites for hydroxylation is 1. The van der Waals surface area contributed by atoms with Crippen molar-refractivity contribution in [2.45, 2.75) is 31.9 Å². The van der Waals surface area contributed by atoms with Crippen LogP contribution in [-0.4, -0.2) is 45.9 Å². The molecule has 3 aromatic rings. The van der Waals surface area contributed by atoms with Crippen molar-refractivity contribution in [3.63, 3.8) is 0 Å². The third-order valence-corrected chi connectivity index (χ3v) is 7.16. The molecule has 158 valence electrons. The number of benzene rings is 1. The summed E-state index contributed by atoms with van der Waals surface area (Å²) in [6.07, 6.45) is 2.37. The van der Waals surface area contributed by atoms with Gasteiger partial charge in [-0.1, -0.05) is 30.3 Å². The quantitative estimate of drug-likeness (QED) is 0.669. The van der Waals surface area contributed by atoms with Gasteiger partial charge in [0.2, 0.25) is 5.82 Å². The Morgan fingerprint density at radius 1 is 1.23 bits per heavy atom. The van der Waals surface area contributed by atoms with Crippen molar-refractivity contribution < 1.29 is 17.9 Å². The van der Waals surface area contributed by atoms with E-state index in [0.717, 1.165) is 5.56 Å². The van der Waals surface area contributed by atoms with Gasteiger partial charge in [-0.25, -0.2) is 18.4 Å². The van der Waals surface area contributed by atoms with Crippen LogP contribution in [-0.2, 0) is 23.5 Å². The van der Waals surface area contributed by atoms with E-state index in [2.05, 4.69) is 15.3 Å². The van der Waals surface area contributed by atoms with Crippen LogP contribution in [0.15, 0.2) is 42.6 Å². The summed E-state index contributed by atoms with van der Waals surface area (Å²) in [5.74, 6) is 0.633. The van der Waals surface area contributed by atoms with Crippen LogP contribution in [0.1, 0.15) is 35.9 Å². The van der Waals surface area contributed by atoms with Crippen molar-refractivity contribution in [2.75, 3.05) is 11.5 Å². The van der Waals surface area contributed by atoms with Crippen molar-refractivity contribution in [2.24, 2.45) is 7.05 Å². The first-order valence-electron chi connectivity index (χ1n) is 9.77. The number of aromatic nitrogens is 3. The Hall–Kier alpha value is -2.94. The van der Waals surface area contributed by atoms with E-state index in [-0.39, 0.29) is 23.2 Å². The first kappa shape index (κ1) is 20.3. The molecule has 1 aliphatic heterocycles. The summed E-state index contributed by atoms with van der Waals surface area (Å²) < 4.78 is 30.9. The van der Waals surface area contributed by atoms with Gasteiger partial charge < -0.3 is 14.6 Å². The van der Waals surface area contributed by atoms with Gasteiger partial charge in [0.25, 0.3) is 5.91 Å². The number of hydrogen-bond acceptors (Lipinski definition) is 6. The fraction of sp³-hybridized carbons (Fsp3) is 0.381. The van der Waals surface area contributed by atoms with E-state index >= 15 is 0 Å². The van der Waals surface area contributed by atoms with E-state index in [1.807, 2.05) is 43.3 Å². The van der Waals surface area contributed by atoms with Gasteiger partial charge >= 0.3 is 0 Å². The van der Waals surface area contributed by atoms with Gasteiger partial charge in [-0.05, 0) is 25.3 Å². The number of pyridine rings is 1. The molecule has 30 heavy (non-hydrogen) atoms. The average Bonchev–Trinajstić information content (AvgIpc) is 3.06. The molecule has 1 amide bonds. The summed E-state index contributed by atoms with van der Waals surface area (Å²) in [6, 6.07) is 11.6. The summed E-state index contributed by atoms with van der Waals surface area (Å²) in [5.41, 5.74) is 1.61. The van der Waals surface area contributed by atoms with Gasteiger partial charge in [0.05, 0.1) is 23.2 Å². The number of imidazole rings is 1. The van der Waals surface area contributed by atoms with Crippen LogP contribution < -0.4 is 10.1 Å². The van der Waals surface area contributed by atoms with Gasteiger partial charge in [0.1, 0.15) is 22.2 Å². The first-order chi connectivity index (χ1) is 14.2. The van der Waals surface area contributed by atoms with Gasteiger partial charge in [0, 0.05) is 18.7 Å². The lowest BCUT2D eigenvalue weighted by Gasteiger charge is -2.34. The Bertz CT molecular complexity index is 1170. The van der Waals surface area contributed by atoms with Gasteiger partial charge in [0.15, 0.2) is 5.65 Å². The lowest BCUT2D eigenvalue weighted by molar-refractivity contribution is 0.0886. The summed E-state index contributed by atoms with van der Waals surface area (Å²) in [7, 11) is -1.26. The van der Waals surface area contributed by atoms with E-state index in [4.69, 9.17) is 4.74 Å². The smallest absolute Gasteiger partial charge is 0.287 e. The Morgan fingerprint density at radius 3 is 2.63 bits per heavy atom. The van der Waals surface area contributed by atoms with Gasteiger partial charge in [-0.3, -0.25) is 4.79 Å². The summed E-state index contributed by atoms with van der Waals surface area (Å²) in [6.45, 7) is 2.29. The second kappa shape index (κ2) is 7.71. The Labute approximate surface area is 175 Å². The molecule has 1 fully saturated rings. The topological polar surface area (TPSA) is 103 Å². The van der Waals surface area contributed by atoms with Crippen LogP contribution in [0.4, 0.5) is 0 Å². The molecule has 0 bridgehead atoms. The molecular weight excluding hydrogens is 404 g/mol. The molecule has 0 atom stereocenters. The van der Waals surface area contributed by atoms with Crippen molar-refractivity contribution in [3.8, 4) is 5.75 Å². The Balaban J connectivity index is 1.50. The van der Waals surface area contributed by atoms with E-state index in [1.165, 1.54) is 0 Å². The second-order valence-electron chi connectivity index (χ2n) is 7.95. The molecular formula is C21H24N4O4S. The number of ether oxygens (including phenoxy) is 1. The average molecular weight is 429 g/mol. The molecule has 0 aliphatic carbocycles. The zero-order valence-electron chi connectivity index (χ0n) is 17.0. The number of hydrogen-bond donors (Lipinski definition) is 1. The molecule has 8 nitrogen and oxygen atoms in total. The van der Waals surface area contributed by atoms with Crippen molar-refractivity contribution >= 4 is 26.9 Å². The Kier molecular flexibility index (Phi) is 5.23. The monoisotopic (exact) mass is 428 g/mol. The molecule has 0 unspecified atom stereocenters. The minimum absolute atomic E-state index is 0.0794. The zero-order valence-corrected chi connectivity index (χ0v) is 17.8. The number of amides is 1. The van der Waals surface area contributed by atoms with E-state index in [0.29, 0.717) is 36.4 Å². The molecule has 1 saturated heterocycles. The number of rotatable bonds is 5. The van der Waals surface area contributed by atoms with Crippen molar-refractivity contribution in [1.82, 2.24) is 19.9 Å². The number of fused-ring (bicyclic) bond motifs is 1. The van der Waals surface area contributed by atoms with Crippen molar-refractivity contribution in [3.05, 3.63) is 54.0 Å². The maximum atomic E-state index is 12.9. The van der Waals surface area contributed by atoms with Gasteiger partial charge in [-0.2, -0.15) is 0 Å².